The third-order valence-electron chi connectivity index (χ3n) is 4.69. The zero-order chi connectivity index (χ0) is 14.7. The van der Waals surface area contributed by atoms with E-state index >= 15 is 0 Å². The third-order valence-corrected chi connectivity index (χ3v) is 4.69. The molecule has 3 N–H and O–H groups in total. The van der Waals surface area contributed by atoms with E-state index in [2.05, 4.69) is 18.8 Å². The highest BCUT2D eigenvalue weighted by Gasteiger charge is 2.36. The molecule has 20 heavy (non-hydrogen) atoms. The van der Waals surface area contributed by atoms with Crippen LogP contribution in [0.2, 0.25) is 0 Å². The molecule has 0 aliphatic heterocycles. The van der Waals surface area contributed by atoms with Crippen LogP contribution in [0.4, 0.5) is 5.82 Å². The fourth-order valence-electron chi connectivity index (χ4n) is 3.36. The van der Waals surface area contributed by atoms with Gasteiger partial charge in [-0.15, -0.1) is 0 Å². The summed E-state index contributed by atoms with van der Waals surface area (Å²) in [6.45, 7) is 4.45. The van der Waals surface area contributed by atoms with Crippen LogP contribution in [-0.2, 0) is 11.2 Å². The maximum absolute atomic E-state index is 11.5. The lowest BCUT2D eigenvalue weighted by Gasteiger charge is -2.36. The van der Waals surface area contributed by atoms with Crippen LogP contribution in [0.15, 0.2) is 18.3 Å². The first-order valence-corrected chi connectivity index (χ1v) is 7.41. The minimum Gasteiger partial charge on any atom is -0.481 e. The van der Waals surface area contributed by atoms with Crippen molar-refractivity contribution in [1.29, 1.82) is 0 Å². The van der Waals surface area contributed by atoms with Gasteiger partial charge in [-0.3, -0.25) is 4.79 Å². The van der Waals surface area contributed by atoms with E-state index < -0.39 is 5.97 Å². The summed E-state index contributed by atoms with van der Waals surface area (Å²) in [5, 5.41) is 9.43. The lowest BCUT2D eigenvalue weighted by molar-refractivity contribution is -0.145. The summed E-state index contributed by atoms with van der Waals surface area (Å²) in [5.41, 5.74) is 6.87. The molecule has 0 spiro atoms. The van der Waals surface area contributed by atoms with Crippen LogP contribution < -0.4 is 5.73 Å². The van der Waals surface area contributed by atoms with Crippen molar-refractivity contribution in [2.24, 2.45) is 23.7 Å². The molecule has 4 nitrogen and oxygen atoms in total. The van der Waals surface area contributed by atoms with Gasteiger partial charge in [0.1, 0.15) is 5.82 Å². The number of carbonyl (C=O) groups is 1. The fourth-order valence-corrected chi connectivity index (χ4v) is 3.36. The van der Waals surface area contributed by atoms with Gasteiger partial charge in [-0.2, -0.15) is 0 Å². The minimum absolute atomic E-state index is 0.167. The predicted octanol–water partition coefficient (Wildman–Crippen LogP) is 2.98. The number of pyridine rings is 1. The van der Waals surface area contributed by atoms with Crippen molar-refractivity contribution in [2.75, 3.05) is 5.73 Å². The highest BCUT2D eigenvalue weighted by Crippen LogP contribution is 2.39. The summed E-state index contributed by atoms with van der Waals surface area (Å²) >= 11 is 0. The molecule has 0 saturated heterocycles. The van der Waals surface area contributed by atoms with Gasteiger partial charge in [0.05, 0.1) is 5.92 Å². The molecule has 1 aliphatic carbocycles. The van der Waals surface area contributed by atoms with E-state index in [1.165, 1.54) is 0 Å². The normalized spacial score (nSPS) is 26.6. The summed E-state index contributed by atoms with van der Waals surface area (Å²) in [4.78, 5) is 15.6. The Bertz CT molecular complexity index is 473. The van der Waals surface area contributed by atoms with Crippen LogP contribution in [0.3, 0.4) is 0 Å². The average Bonchev–Trinajstić information content (AvgIpc) is 2.41. The smallest absolute Gasteiger partial charge is 0.306 e. The van der Waals surface area contributed by atoms with Gasteiger partial charge in [0, 0.05) is 6.20 Å². The zero-order valence-corrected chi connectivity index (χ0v) is 12.2. The number of anilines is 1. The summed E-state index contributed by atoms with van der Waals surface area (Å²) in [6, 6.07) is 3.82. The summed E-state index contributed by atoms with van der Waals surface area (Å²) in [7, 11) is 0. The molecular formula is C16H24N2O2. The Morgan fingerprint density at radius 1 is 1.50 bits per heavy atom. The molecule has 3 unspecified atom stereocenters. The van der Waals surface area contributed by atoms with Gasteiger partial charge >= 0.3 is 5.97 Å². The monoisotopic (exact) mass is 276 g/mol. The highest BCUT2D eigenvalue weighted by atomic mass is 16.4. The Labute approximate surface area is 120 Å². The number of hydrogen-bond donors (Lipinski definition) is 2. The second-order valence-corrected chi connectivity index (χ2v) is 6.27. The SMILES string of the molecule is CC(C)C1CCC(C(=O)O)C(Cc2cccnc2N)C1. The summed E-state index contributed by atoms with van der Waals surface area (Å²) in [5.74, 6) is 1.01. The number of aromatic nitrogens is 1. The standard InChI is InChI=1S/C16H24N2O2/c1-10(2)11-5-6-14(16(19)20)13(8-11)9-12-4-3-7-18-15(12)17/h3-4,7,10-11,13-14H,5-6,8-9H2,1-2H3,(H2,17,18)(H,19,20). The quantitative estimate of drug-likeness (QED) is 0.886. The third kappa shape index (κ3) is 3.30. The Kier molecular flexibility index (Phi) is 4.63. The number of carboxylic acids is 1. The van der Waals surface area contributed by atoms with Crippen LogP contribution in [-0.4, -0.2) is 16.1 Å². The molecule has 1 aromatic heterocycles. The van der Waals surface area contributed by atoms with Crippen molar-refractivity contribution in [3.05, 3.63) is 23.9 Å². The van der Waals surface area contributed by atoms with Crippen molar-refractivity contribution in [1.82, 2.24) is 4.98 Å². The maximum Gasteiger partial charge on any atom is 0.306 e. The van der Waals surface area contributed by atoms with E-state index in [0.717, 1.165) is 31.2 Å². The molecule has 3 atom stereocenters. The van der Waals surface area contributed by atoms with Gasteiger partial charge in [0.2, 0.25) is 0 Å². The van der Waals surface area contributed by atoms with Crippen molar-refractivity contribution < 1.29 is 9.90 Å². The average molecular weight is 276 g/mol. The summed E-state index contributed by atoms with van der Waals surface area (Å²) < 4.78 is 0. The highest BCUT2D eigenvalue weighted by molar-refractivity contribution is 5.70. The lowest BCUT2D eigenvalue weighted by atomic mass is 9.69. The molecule has 2 rings (SSSR count). The minimum atomic E-state index is -0.667. The van der Waals surface area contributed by atoms with E-state index in [4.69, 9.17) is 5.73 Å². The molecule has 1 aliphatic rings. The molecule has 1 saturated carbocycles. The second kappa shape index (κ2) is 6.25. The van der Waals surface area contributed by atoms with E-state index in [1.54, 1.807) is 6.20 Å². The molecule has 0 bridgehead atoms. The number of hydrogen-bond acceptors (Lipinski definition) is 3. The zero-order valence-electron chi connectivity index (χ0n) is 12.2. The topological polar surface area (TPSA) is 76.2 Å². The molecule has 110 valence electrons. The molecule has 0 aromatic carbocycles. The predicted molar refractivity (Wildman–Crippen MR) is 79.1 cm³/mol. The van der Waals surface area contributed by atoms with Crippen molar-refractivity contribution in [2.45, 2.75) is 39.5 Å². The van der Waals surface area contributed by atoms with Crippen LogP contribution in [0.25, 0.3) is 0 Å². The lowest BCUT2D eigenvalue weighted by Crippen LogP contribution is -2.33. The van der Waals surface area contributed by atoms with Crippen molar-refractivity contribution >= 4 is 11.8 Å². The Morgan fingerprint density at radius 3 is 2.85 bits per heavy atom. The molecule has 1 heterocycles. The Morgan fingerprint density at radius 2 is 2.25 bits per heavy atom. The second-order valence-electron chi connectivity index (χ2n) is 6.27. The number of nitrogens with two attached hydrogens (primary N) is 1. The van der Waals surface area contributed by atoms with Gasteiger partial charge in [0.25, 0.3) is 0 Å². The van der Waals surface area contributed by atoms with Crippen molar-refractivity contribution in [3.8, 4) is 0 Å². The number of aliphatic carboxylic acids is 1. The van der Waals surface area contributed by atoms with E-state index in [0.29, 0.717) is 17.7 Å². The molecule has 0 amide bonds. The van der Waals surface area contributed by atoms with Crippen LogP contribution in [0.1, 0.15) is 38.7 Å². The van der Waals surface area contributed by atoms with Gasteiger partial charge in [-0.1, -0.05) is 19.9 Å². The first-order chi connectivity index (χ1) is 9.49. The van der Waals surface area contributed by atoms with Gasteiger partial charge in [-0.05, 0) is 55.1 Å². The first kappa shape index (κ1) is 14.8. The molecule has 4 heteroatoms. The number of nitrogens with zero attached hydrogens (tertiary/aromatic N) is 1. The summed E-state index contributed by atoms with van der Waals surface area (Å²) in [6.07, 6.45) is 5.17. The largest absolute Gasteiger partial charge is 0.481 e. The van der Waals surface area contributed by atoms with Crippen LogP contribution in [0, 0.1) is 23.7 Å². The molecule has 0 radical (unpaired) electrons. The molecular weight excluding hydrogens is 252 g/mol. The van der Waals surface area contributed by atoms with Crippen molar-refractivity contribution in [3.63, 3.8) is 0 Å². The van der Waals surface area contributed by atoms with E-state index in [9.17, 15) is 9.90 Å². The molecule has 1 aromatic rings. The Hall–Kier alpha value is -1.58. The Balaban J connectivity index is 2.15. The van der Waals surface area contributed by atoms with Crippen LogP contribution in [0.5, 0.6) is 0 Å². The number of nitrogen functional groups attached to an aromatic ring is 1. The maximum atomic E-state index is 11.5. The first-order valence-electron chi connectivity index (χ1n) is 7.41. The number of carboxylic acid groups (broad SMARTS) is 1. The number of rotatable bonds is 4. The van der Waals surface area contributed by atoms with E-state index in [-0.39, 0.29) is 11.8 Å². The van der Waals surface area contributed by atoms with Crippen LogP contribution >= 0.6 is 0 Å². The molecule has 1 fully saturated rings. The van der Waals surface area contributed by atoms with E-state index in [1.807, 2.05) is 12.1 Å². The van der Waals surface area contributed by atoms with Gasteiger partial charge in [-0.25, -0.2) is 4.98 Å². The fraction of sp³-hybridized carbons (Fsp3) is 0.625. The van der Waals surface area contributed by atoms with Gasteiger partial charge in [0.15, 0.2) is 0 Å². The van der Waals surface area contributed by atoms with Gasteiger partial charge < -0.3 is 10.8 Å².